The zero-order chi connectivity index (χ0) is 16.2. The third kappa shape index (κ3) is 4.71. The quantitative estimate of drug-likeness (QED) is 0.877. The lowest BCUT2D eigenvalue weighted by Gasteiger charge is -2.34. The Morgan fingerprint density at radius 1 is 1.22 bits per heavy atom. The van der Waals surface area contributed by atoms with Gasteiger partial charge in [0.15, 0.2) is 6.10 Å². The van der Waals surface area contributed by atoms with Crippen LogP contribution in [0.4, 0.5) is 0 Å². The summed E-state index contributed by atoms with van der Waals surface area (Å²) >= 11 is 0. The molecule has 3 rings (SSSR count). The number of aryl methyl sites for hydroxylation is 1. The molecule has 0 bridgehead atoms. The maximum Gasteiger partial charge on any atom is 0.263 e. The molecule has 1 heterocycles. The van der Waals surface area contributed by atoms with Crippen molar-refractivity contribution in [1.82, 2.24) is 10.2 Å². The van der Waals surface area contributed by atoms with Crippen LogP contribution in [0.2, 0.25) is 0 Å². The minimum atomic E-state index is -0.423. The Kier molecular flexibility index (Phi) is 5.21. The zero-order valence-corrected chi connectivity index (χ0v) is 14.3. The maximum absolute atomic E-state index is 12.5. The minimum Gasteiger partial charge on any atom is -0.481 e. The summed E-state index contributed by atoms with van der Waals surface area (Å²) in [5.41, 5.74) is 1.19. The van der Waals surface area contributed by atoms with Gasteiger partial charge in [0.25, 0.3) is 5.91 Å². The van der Waals surface area contributed by atoms with Gasteiger partial charge < -0.3 is 15.0 Å². The molecule has 0 radical (unpaired) electrons. The molecule has 1 N–H and O–H groups in total. The molecule has 0 aromatic heterocycles. The Morgan fingerprint density at radius 3 is 2.48 bits per heavy atom. The van der Waals surface area contributed by atoms with Crippen LogP contribution in [-0.4, -0.2) is 42.6 Å². The second-order valence-electron chi connectivity index (χ2n) is 7.02. The van der Waals surface area contributed by atoms with Crippen molar-refractivity contribution in [2.24, 2.45) is 5.92 Å². The van der Waals surface area contributed by atoms with E-state index in [1.807, 2.05) is 43.0 Å². The van der Waals surface area contributed by atoms with E-state index in [1.54, 1.807) is 0 Å². The molecule has 1 aliphatic heterocycles. The molecule has 2 fully saturated rings. The molecule has 2 aliphatic rings. The predicted molar refractivity (Wildman–Crippen MR) is 91.6 cm³/mol. The summed E-state index contributed by atoms with van der Waals surface area (Å²) in [6, 6.07) is 8.43. The van der Waals surface area contributed by atoms with Crippen LogP contribution in [0.25, 0.3) is 0 Å². The van der Waals surface area contributed by atoms with Gasteiger partial charge in [-0.15, -0.1) is 0 Å². The fourth-order valence-corrected chi connectivity index (χ4v) is 3.09. The van der Waals surface area contributed by atoms with Crippen molar-refractivity contribution in [3.8, 4) is 5.75 Å². The predicted octanol–water partition coefficient (Wildman–Crippen LogP) is 2.75. The number of nitrogens with one attached hydrogen (secondary N) is 1. The van der Waals surface area contributed by atoms with Gasteiger partial charge in [-0.25, -0.2) is 0 Å². The van der Waals surface area contributed by atoms with Gasteiger partial charge in [-0.1, -0.05) is 17.7 Å². The lowest BCUT2D eigenvalue weighted by atomic mass is 10.0. The highest BCUT2D eigenvalue weighted by Gasteiger charge is 2.28. The number of piperidine rings is 1. The molecule has 1 aromatic rings. The Labute approximate surface area is 139 Å². The van der Waals surface area contributed by atoms with Crippen molar-refractivity contribution in [2.75, 3.05) is 19.6 Å². The van der Waals surface area contributed by atoms with Crippen molar-refractivity contribution in [3.63, 3.8) is 0 Å². The Balaban J connectivity index is 1.43. The summed E-state index contributed by atoms with van der Waals surface area (Å²) in [5.74, 6) is 1.78. The highest BCUT2D eigenvalue weighted by Crippen LogP contribution is 2.28. The first-order chi connectivity index (χ1) is 11.1. The van der Waals surface area contributed by atoms with Gasteiger partial charge in [-0.3, -0.25) is 4.79 Å². The molecule has 1 aliphatic carbocycles. The topological polar surface area (TPSA) is 41.6 Å². The van der Waals surface area contributed by atoms with E-state index in [4.69, 9.17) is 4.74 Å². The third-order valence-corrected chi connectivity index (χ3v) is 4.88. The van der Waals surface area contributed by atoms with Crippen LogP contribution in [0.3, 0.4) is 0 Å². The molecule has 4 heteroatoms. The van der Waals surface area contributed by atoms with Crippen LogP contribution in [0.5, 0.6) is 5.75 Å². The van der Waals surface area contributed by atoms with Gasteiger partial charge in [0.2, 0.25) is 0 Å². The number of hydrogen-bond acceptors (Lipinski definition) is 3. The first-order valence-corrected chi connectivity index (χ1v) is 8.87. The monoisotopic (exact) mass is 316 g/mol. The molecule has 4 nitrogen and oxygen atoms in total. The summed E-state index contributed by atoms with van der Waals surface area (Å²) in [6.45, 7) is 6.72. The number of benzene rings is 1. The third-order valence-electron chi connectivity index (χ3n) is 4.88. The summed E-state index contributed by atoms with van der Waals surface area (Å²) in [6.07, 6.45) is 4.45. The molecular formula is C19H28N2O2. The van der Waals surface area contributed by atoms with E-state index in [0.29, 0.717) is 6.04 Å². The Morgan fingerprint density at radius 2 is 1.87 bits per heavy atom. The average molecular weight is 316 g/mol. The number of hydrogen-bond donors (Lipinski definition) is 1. The van der Waals surface area contributed by atoms with Gasteiger partial charge in [-0.2, -0.15) is 0 Å². The maximum atomic E-state index is 12.5. The van der Waals surface area contributed by atoms with E-state index in [0.717, 1.165) is 44.1 Å². The van der Waals surface area contributed by atoms with Crippen molar-refractivity contribution in [1.29, 1.82) is 0 Å². The van der Waals surface area contributed by atoms with Crippen LogP contribution < -0.4 is 10.1 Å². The standard InChI is InChI=1S/C19H28N2O2/c1-14-3-7-18(8-4-14)23-15(2)19(22)21-11-9-17(10-12-21)20-13-16-5-6-16/h3-4,7-8,15-17,20H,5-6,9-13H2,1-2H3. The van der Waals surface area contributed by atoms with Crippen molar-refractivity contribution in [3.05, 3.63) is 29.8 Å². The van der Waals surface area contributed by atoms with Crippen LogP contribution in [0.15, 0.2) is 24.3 Å². The Hall–Kier alpha value is -1.55. The van der Waals surface area contributed by atoms with Crippen LogP contribution >= 0.6 is 0 Å². The number of nitrogens with zero attached hydrogens (tertiary/aromatic N) is 1. The first kappa shape index (κ1) is 16.3. The van der Waals surface area contributed by atoms with E-state index in [2.05, 4.69) is 5.32 Å². The average Bonchev–Trinajstić information content (AvgIpc) is 3.39. The van der Waals surface area contributed by atoms with Crippen molar-refractivity contribution >= 4 is 5.91 Å². The molecule has 1 atom stereocenters. The summed E-state index contributed by atoms with van der Waals surface area (Å²) < 4.78 is 5.79. The van der Waals surface area contributed by atoms with Crippen molar-refractivity contribution < 1.29 is 9.53 Å². The number of ether oxygens (including phenoxy) is 1. The van der Waals surface area contributed by atoms with E-state index in [1.165, 1.54) is 18.4 Å². The van der Waals surface area contributed by atoms with Gasteiger partial charge in [0.05, 0.1) is 0 Å². The van der Waals surface area contributed by atoms with Gasteiger partial charge in [0, 0.05) is 19.1 Å². The highest BCUT2D eigenvalue weighted by molar-refractivity contribution is 5.81. The van der Waals surface area contributed by atoms with E-state index in [-0.39, 0.29) is 5.91 Å². The second-order valence-corrected chi connectivity index (χ2v) is 7.02. The van der Waals surface area contributed by atoms with Crippen LogP contribution in [0.1, 0.15) is 38.2 Å². The molecule has 0 spiro atoms. The minimum absolute atomic E-state index is 0.103. The Bertz CT molecular complexity index is 517. The second kappa shape index (κ2) is 7.35. The van der Waals surface area contributed by atoms with Gasteiger partial charge >= 0.3 is 0 Å². The lowest BCUT2D eigenvalue weighted by Crippen LogP contribution is -2.48. The fraction of sp³-hybridized carbons (Fsp3) is 0.632. The fourth-order valence-electron chi connectivity index (χ4n) is 3.09. The number of likely N-dealkylation sites (tertiary alicyclic amines) is 1. The van der Waals surface area contributed by atoms with Crippen molar-refractivity contribution in [2.45, 2.75) is 51.7 Å². The molecule has 1 saturated heterocycles. The normalized spacial score (nSPS) is 20.3. The molecule has 1 aromatic carbocycles. The van der Waals surface area contributed by atoms with E-state index < -0.39 is 6.10 Å². The first-order valence-electron chi connectivity index (χ1n) is 8.87. The molecule has 1 saturated carbocycles. The number of rotatable bonds is 6. The molecule has 23 heavy (non-hydrogen) atoms. The van der Waals surface area contributed by atoms with E-state index in [9.17, 15) is 4.79 Å². The van der Waals surface area contributed by atoms with Gasteiger partial charge in [0.1, 0.15) is 5.75 Å². The highest BCUT2D eigenvalue weighted by atomic mass is 16.5. The smallest absolute Gasteiger partial charge is 0.263 e. The van der Waals surface area contributed by atoms with Crippen LogP contribution in [-0.2, 0) is 4.79 Å². The molecule has 126 valence electrons. The van der Waals surface area contributed by atoms with Crippen LogP contribution in [0, 0.1) is 12.8 Å². The summed E-state index contributed by atoms with van der Waals surface area (Å²) in [7, 11) is 0. The molecule has 1 unspecified atom stereocenters. The number of carbonyl (C=O) groups excluding carboxylic acids is 1. The SMILES string of the molecule is Cc1ccc(OC(C)C(=O)N2CCC(NCC3CC3)CC2)cc1. The van der Waals surface area contributed by atoms with Gasteiger partial charge in [-0.05, 0) is 64.1 Å². The molecular weight excluding hydrogens is 288 g/mol. The largest absolute Gasteiger partial charge is 0.481 e. The summed E-state index contributed by atoms with van der Waals surface area (Å²) in [4.78, 5) is 14.5. The van der Waals surface area contributed by atoms with E-state index >= 15 is 0 Å². The lowest BCUT2D eigenvalue weighted by molar-refractivity contribution is -0.139. The number of amides is 1. The summed E-state index contributed by atoms with van der Waals surface area (Å²) in [5, 5.41) is 3.65. The zero-order valence-electron chi connectivity index (χ0n) is 14.3. The molecule has 1 amide bonds. The number of carbonyl (C=O) groups is 1.